The molecule has 0 aliphatic carbocycles. The van der Waals surface area contributed by atoms with E-state index in [1.807, 2.05) is 0 Å². The highest BCUT2D eigenvalue weighted by molar-refractivity contribution is 7.91. The largest absolute Gasteiger partial charge is 0.496 e. The molecule has 1 heterocycles. The number of ether oxygens (including phenoxy) is 1. The van der Waals surface area contributed by atoms with Crippen molar-refractivity contribution in [1.29, 1.82) is 0 Å². The van der Waals surface area contributed by atoms with E-state index in [1.165, 1.54) is 66.0 Å². The highest BCUT2D eigenvalue weighted by Crippen LogP contribution is 2.28. The topological polar surface area (TPSA) is 110 Å². The van der Waals surface area contributed by atoms with Gasteiger partial charge in [0, 0.05) is 18.8 Å². The Balaban J connectivity index is 1.58. The number of sulfone groups is 1. The first-order chi connectivity index (χ1) is 16.2. The first-order valence-electron chi connectivity index (χ1n) is 10.6. The Labute approximate surface area is 199 Å². The molecule has 1 aliphatic heterocycles. The van der Waals surface area contributed by atoms with E-state index in [-0.39, 0.29) is 26.0 Å². The molecule has 10 heteroatoms. The van der Waals surface area contributed by atoms with E-state index in [1.54, 1.807) is 18.2 Å². The molecule has 0 atom stereocenters. The van der Waals surface area contributed by atoms with E-state index >= 15 is 0 Å². The van der Waals surface area contributed by atoms with Crippen molar-refractivity contribution >= 4 is 31.5 Å². The van der Waals surface area contributed by atoms with Crippen molar-refractivity contribution in [1.82, 2.24) is 4.31 Å². The quantitative estimate of drug-likeness (QED) is 0.531. The van der Waals surface area contributed by atoms with Crippen LogP contribution in [0.25, 0.3) is 0 Å². The van der Waals surface area contributed by atoms with Crippen LogP contribution in [-0.2, 0) is 19.9 Å². The lowest BCUT2D eigenvalue weighted by Crippen LogP contribution is -2.28. The molecular formula is C24H24N2O6S2. The van der Waals surface area contributed by atoms with Gasteiger partial charge in [0.25, 0.3) is 5.91 Å². The van der Waals surface area contributed by atoms with Crippen LogP contribution in [0.2, 0.25) is 0 Å². The van der Waals surface area contributed by atoms with Crippen LogP contribution >= 0.6 is 0 Å². The van der Waals surface area contributed by atoms with Crippen molar-refractivity contribution in [3.05, 3.63) is 78.4 Å². The number of rotatable bonds is 7. The molecule has 1 N–H and O–H groups in total. The highest BCUT2D eigenvalue weighted by atomic mass is 32.2. The zero-order chi connectivity index (χ0) is 24.3. The summed E-state index contributed by atoms with van der Waals surface area (Å²) in [5.41, 5.74) is 0.413. The minimum absolute atomic E-state index is 0.0182. The molecule has 1 aliphatic rings. The van der Waals surface area contributed by atoms with E-state index < -0.39 is 25.8 Å². The van der Waals surface area contributed by atoms with Gasteiger partial charge in [-0.05, 0) is 67.4 Å². The second-order valence-electron chi connectivity index (χ2n) is 7.77. The molecule has 0 radical (unpaired) electrons. The number of methoxy groups -OCH3 is 1. The molecule has 0 aromatic heterocycles. The van der Waals surface area contributed by atoms with Crippen LogP contribution in [0.4, 0.5) is 5.69 Å². The number of carbonyl (C=O) groups is 1. The molecule has 0 bridgehead atoms. The molecule has 0 unspecified atom stereocenters. The molecule has 1 saturated heterocycles. The third-order valence-corrected chi connectivity index (χ3v) is 9.27. The maximum absolute atomic E-state index is 13.0. The van der Waals surface area contributed by atoms with E-state index in [0.29, 0.717) is 18.8 Å². The minimum atomic E-state index is -3.71. The van der Waals surface area contributed by atoms with Crippen molar-refractivity contribution in [3.8, 4) is 5.75 Å². The molecule has 178 valence electrons. The van der Waals surface area contributed by atoms with Gasteiger partial charge in [0.05, 0.1) is 27.4 Å². The Morgan fingerprint density at radius 3 is 2.03 bits per heavy atom. The lowest BCUT2D eigenvalue weighted by molar-refractivity contribution is 0.102. The van der Waals surface area contributed by atoms with Gasteiger partial charge < -0.3 is 10.1 Å². The van der Waals surface area contributed by atoms with Gasteiger partial charge in [0.1, 0.15) is 5.75 Å². The zero-order valence-corrected chi connectivity index (χ0v) is 20.1. The fourth-order valence-corrected chi connectivity index (χ4v) is 6.58. The third-order valence-electron chi connectivity index (χ3n) is 5.59. The average Bonchev–Trinajstić information content (AvgIpc) is 3.40. The fraction of sp³-hybridized carbons (Fsp3) is 0.208. The first kappa shape index (κ1) is 23.9. The van der Waals surface area contributed by atoms with Gasteiger partial charge in [0.15, 0.2) is 0 Å². The van der Waals surface area contributed by atoms with Crippen LogP contribution in [0.15, 0.2) is 87.5 Å². The molecule has 3 aromatic rings. The van der Waals surface area contributed by atoms with E-state index in [4.69, 9.17) is 4.74 Å². The van der Waals surface area contributed by atoms with Crippen LogP contribution in [0, 0.1) is 0 Å². The Hall–Kier alpha value is -3.21. The van der Waals surface area contributed by atoms with Crippen molar-refractivity contribution in [3.63, 3.8) is 0 Å². The monoisotopic (exact) mass is 500 g/mol. The molecule has 3 aromatic carbocycles. The van der Waals surface area contributed by atoms with Crippen LogP contribution in [-0.4, -0.2) is 47.2 Å². The summed E-state index contributed by atoms with van der Waals surface area (Å²) in [6.45, 7) is 0.905. The number of nitrogens with one attached hydrogen (secondary N) is 1. The molecule has 1 fully saturated rings. The molecule has 34 heavy (non-hydrogen) atoms. The van der Waals surface area contributed by atoms with Gasteiger partial charge in [-0.1, -0.05) is 18.2 Å². The number of nitrogens with zero attached hydrogens (tertiary/aromatic N) is 1. The molecule has 0 saturated carbocycles. The van der Waals surface area contributed by atoms with Crippen molar-refractivity contribution in [2.45, 2.75) is 27.5 Å². The maximum atomic E-state index is 13.0. The standard InChI is InChI=1S/C24H24N2O6S2/c1-32-23-14-13-21(34(30,31)26-15-5-6-16-26)17-22(23)24(27)25-18-9-11-20(12-10-18)33(28,29)19-7-3-2-4-8-19/h2-4,7-14,17H,5-6,15-16H2,1H3,(H,25,27). The highest BCUT2D eigenvalue weighted by Gasteiger charge is 2.28. The number of hydrogen-bond acceptors (Lipinski definition) is 6. The molecule has 8 nitrogen and oxygen atoms in total. The van der Waals surface area contributed by atoms with Gasteiger partial charge in [-0.25, -0.2) is 16.8 Å². The number of hydrogen-bond donors (Lipinski definition) is 1. The van der Waals surface area contributed by atoms with Crippen LogP contribution in [0.5, 0.6) is 5.75 Å². The smallest absolute Gasteiger partial charge is 0.259 e. The lowest BCUT2D eigenvalue weighted by Gasteiger charge is -2.17. The molecule has 0 spiro atoms. The average molecular weight is 501 g/mol. The van der Waals surface area contributed by atoms with Crippen LogP contribution in [0.1, 0.15) is 23.2 Å². The molecular weight excluding hydrogens is 476 g/mol. The third kappa shape index (κ3) is 4.70. The summed E-state index contributed by atoms with van der Waals surface area (Å²) in [6.07, 6.45) is 1.61. The van der Waals surface area contributed by atoms with E-state index in [9.17, 15) is 21.6 Å². The molecule has 1 amide bonds. The predicted octanol–water partition coefficient (Wildman–Crippen LogP) is 3.56. The Morgan fingerprint density at radius 1 is 0.824 bits per heavy atom. The lowest BCUT2D eigenvalue weighted by atomic mass is 10.2. The second kappa shape index (κ2) is 9.57. The normalized spacial score (nSPS) is 14.6. The maximum Gasteiger partial charge on any atom is 0.259 e. The number of sulfonamides is 1. The SMILES string of the molecule is COc1ccc(S(=O)(=O)N2CCCC2)cc1C(=O)Nc1ccc(S(=O)(=O)c2ccccc2)cc1. The number of anilines is 1. The summed E-state index contributed by atoms with van der Waals surface area (Å²) in [5.74, 6) is -0.352. The first-order valence-corrected chi connectivity index (χ1v) is 13.6. The van der Waals surface area contributed by atoms with Gasteiger partial charge in [-0.3, -0.25) is 4.79 Å². The van der Waals surface area contributed by atoms with Gasteiger partial charge in [0.2, 0.25) is 19.9 Å². The number of amides is 1. The number of benzene rings is 3. The Kier molecular flexibility index (Phi) is 6.74. The van der Waals surface area contributed by atoms with E-state index in [2.05, 4.69) is 5.32 Å². The van der Waals surface area contributed by atoms with Gasteiger partial charge >= 0.3 is 0 Å². The second-order valence-corrected chi connectivity index (χ2v) is 11.7. The summed E-state index contributed by atoms with van der Waals surface area (Å²) >= 11 is 0. The summed E-state index contributed by atoms with van der Waals surface area (Å²) in [4.78, 5) is 13.3. The Bertz CT molecular complexity index is 1400. The van der Waals surface area contributed by atoms with Crippen LogP contribution < -0.4 is 10.1 Å². The Morgan fingerprint density at radius 2 is 1.41 bits per heavy atom. The van der Waals surface area contributed by atoms with Gasteiger partial charge in [-0.15, -0.1) is 0 Å². The summed E-state index contributed by atoms with van der Waals surface area (Å²) in [7, 11) is -6.00. The van der Waals surface area contributed by atoms with Crippen molar-refractivity contribution < 1.29 is 26.4 Å². The van der Waals surface area contributed by atoms with Crippen molar-refractivity contribution in [2.75, 3.05) is 25.5 Å². The van der Waals surface area contributed by atoms with Gasteiger partial charge in [-0.2, -0.15) is 4.31 Å². The zero-order valence-electron chi connectivity index (χ0n) is 18.5. The minimum Gasteiger partial charge on any atom is -0.496 e. The van der Waals surface area contributed by atoms with Crippen LogP contribution in [0.3, 0.4) is 0 Å². The fourth-order valence-electron chi connectivity index (χ4n) is 3.75. The number of carbonyl (C=O) groups excluding carboxylic acids is 1. The summed E-state index contributed by atoms with van der Waals surface area (Å²) in [6, 6.07) is 18.0. The predicted molar refractivity (Wildman–Crippen MR) is 127 cm³/mol. The summed E-state index contributed by atoms with van der Waals surface area (Å²) < 4.78 is 58.0. The molecule has 4 rings (SSSR count). The van der Waals surface area contributed by atoms with E-state index in [0.717, 1.165) is 12.8 Å². The van der Waals surface area contributed by atoms with Crippen molar-refractivity contribution in [2.24, 2.45) is 0 Å². The summed E-state index contributed by atoms with van der Waals surface area (Å²) in [5, 5.41) is 2.68.